The van der Waals surface area contributed by atoms with Gasteiger partial charge >= 0.3 is 6.18 Å². The van der Waals surface area contributed by atoms with E-state index in [1.807, 2.05) is 11.5 Å². The maximum atomic E-state index is 12.7. The molecule has 0 saturated carbocycles. The fraction of sp³-hybridized carbons (Fsp3) is 0.364. The van der Waals surface area contributed by atoms with Crippen molar-refractivity contribution in [3.8, 4) is 0 Å². The molecule has 0 unspecified atom stereocenters. The van der Waals surface area contributed by atoms with Crippen molar-refractivity contribution >= 4 is 27.0 Å². The molecular formula is C11H10BrF3N2. The molecule has 0 atom stereocenters. The first-order valence-electron chi connectivity index (χ1n) is 5.15. The van der Waals surface area contributed by atoms with Crippen molar-refractivity contribution in [1.82, 2.24) is 9.55 Å². The lowest BCUT2D eigenvalue weighted by atomic mass is 10.2. The van der Waals surface area contributed by atoms with E-state index in [0.717, 1.165) is 19.0 Å². The predicted octanol–water partition coefficient (Wildman–Crippen LogP) is 4.23. The highest BCUT2D eigenvalue weighted by atomic mass is 79.9. The molecule has 17 heavy (non-hydrogen) atoms. The van der Waals surface area contributed by atoms with Crippen molar-refractivity contribution in [3.63, 3.8) is 0 Å². The van der Waals surface area contributed by atoms with Gasteiger partial charge in [-0.1, -0.05) is 22.9 Å². The van der Waals surface area contributed by atoms with Crippen LogP contribution >= 0.6 is 15.9 Å². The smallest absolute Gasteiger partial charge is 0.331 e. The fourth-order valence-corrected chi connectivity index (χ4v) is 2.27. The highest BCUT2D eigenvalue weighted by Gasteiger charge is 2.33. The van der Waals surface area contributed by atoms with Crippen LogP contribution < -0.4 is 0 Å². The van der Waals surface area contributed by atoms with Crippen LogP contribution in [0.3, 0.4) is 0 Å². The summed E-state index contributed by atoms with van der Waals surface area (Å²) in [5, 5.41) is 0. The van der Waals surface area contributed by atoms with Crippen molar-refractivity contribution in [3.05, 3.63) is 28.5 Å². The van der Waals surface area contributed by atoms with Crippen LogP contribution in [0.4, 0.5) is 13.2 Å². The summed E-state index contributed by atoms with van der Waals surface area (Å²) < 4.78 is 39.9. The molecule has 0 amide bonds. The van der Waals surface area contributed by atoms with Gasteiger partial charge < -0.3 is 4.57 Å². The molecule has 0 saturated heterocycles. The number of hydrogen-bond acceptors (Lipinski definition) is 1. The van der Waals surface area contributed by atoms with Gasteiger partial charge in [-0.15, -0.1) is 0 Å². The summed E-state index contributed by atoms with van der Waals surface area (Å²) in [6.07, 6.45) is -1.88. The fourth-order valence-electron chi connectivity index (χ4n) is 1.72. The van der Waals surface area contributed by atoms with E-state index >= 15 is 0 Å². The summed E-state index contributed by atoms with van der Waals surface area (Å²) in [5.74, 6) is 0. The molecule has 1 aromatic heterocycles. The van der Waals surface area contributed by atoms with Crippen LogP contribution in [-0.4, -0.2) is 9.55 Å². The largest absolute Gasteiger partial charge is 0.417 e. The Morgan fingerprint density at radius 2 is 2.06 bits per heavy atom. The van der Waals surface area contributed by atoms with Gasteiger partial charge in [-0.2, -0.15) is 13.2 Å². The monoisotopic (exact) mass is 306 g/mol. The van der Waals surface area contributed by atoms with Crippen molar-refractivity contribution in [2.75, 3.05) is 0 Å². The number of aryl methyl sites for hydroxylation is 1. The molecule has 0 fully saturated rings. The number of rotatable bonds is 2. The van der Waals surface area contributed by atoms with Crippen molar-refractivity contribution in [2.45, 2.75) is 26.1 Å². The van der Waals surface area contributed by atoms with E-state index in [1.165, 1.54) is 6.07 Å². The van der Waals surface area contributed by atoms with E-state index in [2.05, 4.69) is 20.9 Å². The van der Waals surface area contributed by atoms with Gasteiger partial charge in [-0.25, -0.2) is 4.98 Å². The van der Waals surface area contributed by atoms with Gasteiger partial charge in [-0.3, -0.25) is 0 Å². The van der Waals surface area contributed by atoms with Crippen molar-refractivity contribution in [2.24, 2.45) is 0 Å². The van der Waals surface area contributed by atoms with E-state index in [4.69, 9.17) is 0 Å². The molecule has 1 aromatic carbocycles. The molecular weight excluding hydrogens is 297 g/mol. The van der Waals surface area contributed by atoms with Gasteiger partial charge in [0.05, 0.1) is 22.9 Å². The molecule has 2 aromatic rings. The summed E-state index contributed by atoms with van der Waals surface area (Å²) in [4.78, 5) is 3.99. The highest BCUT2D eigenvalue weighted by molar-refractivity contribution is 9.10. The van der Waals surface area contributed by atoms with Crippen molar-refractivity contribution in [1.29, 1.82) is 0 Å². The molecule has 0 spiro atoms. The summed E-state index contributed by atoms with van der Waals surface area (Å²) in [6.45, 7) is 2.75. The Morgan fingerprint density at radius 3 is 2.65 bits per heavy atom. The lowest BCUT2D eigenvalue weighted by Gasteiger charge is -2.09. The minimum absolute atomic E-state index is 0.0513. The third-order valence-electron chi connectivity index (χ3n) is 2.48. The molecule has 0 radical (unpaired) electrons. The maximum absolute atomic E-state index is 12.7. The minimum Gasteiger partial charge on any atom is -0.331 e. The lowest BCUT2D eigenvalue weighted by molar-refractivity contribution is -0.138. The Labute approximate surface area is 105 Å². The van der Waals surface area contributed by atoms with Gasteiger partial charge in [0.2, 0.25) is 0 Å². The van der Waals surface area contributed by atoms with Gasteiger partial charge in [0.15, 0.2) is 0 Å². The number of halogens is 4. The van der Waals surface area contributed by atoms with Crippen LogP contribution in [0.2, 0.25) is 0 Å². The van der Waals surface area contributed by atoms with Crippen molar-refractivity contribution < 1.29 is 13.2 Å². The molecule has 2 nitrogen and oxygen atoms in total. The first-order chi connectivity index (χ1) is 7.93. The zero-order valence-electron chi connectivity index (χ0n) is 9.05. The first kappa shape index (κ1) is 12.4. The summed E-state index contributed by atoms with van der Waals surface area (Å²) in [5.41, 5.74) is 0.396. The number of hydrogen-bond donors (Lipinski definition) is 0. The Hall–Kier alpha value is -1.04. The van der Waals surface area contributed by atoms with Crippen LogP contribution in [0.25, 0.3) is 11.0 Å². The van der Waals surface area contributed by atoms with Gasteiger partial charge in [0.25, 0.3) is 0 Å². The molecule has 6 heteroatoms. The van der Waals surface area contributed by atoms with E-state index in [9.17, 15) is 13.2 Å². The maximum Gasteiger partial charge on any atom is 0.417 e. The summed E-state index contributed by atoms with van der Waals surface area (Å²) in [6, 6.07) is 2.55. The quantitative estimate of drug-likeness (QED) is 0.812. The molecule has 0 aliphatic carbocycles. The van der Waals surface area contributed by atoms with Gasteiger partial charge in [-0.05, 0) is 18.6 Å². The second-order valence-corrected chi connectivity index (χ2v) is 4.61. The molecule has 1 heterocycles. The van der Waals surface area contributed by atoms with Crippen LogP contribution in [-0.2, 0) is 12.7 Å². The second kappa shape index (κ2) is 4.33. The predicted molar refractivity (Wildman–Crippen MR) is 62.7 cm³/mol. The lowest BCUT2D eigenvalue weighted by Crippen LogP contribution is -2.06. The van der Waals surface area contributed by atoms with E-state index in [1.54, 1.807) is 6.33 Å². The number of nitrogens with zero attached hydrogens (tertiary/aromatic N) is 2. The second-order valence-electron chi connectivity index (χ2n) is 3.76. The van der Waals surface area contributed by atoms with Crippen LogP contribution in [0.5, 0.6) is 0 Å². The Balaban J connectivity index is 2.60. The number of alkyl halides is 3. The molecule has 92 valence electrons. The van der Waals surface area contributed by atoms with Gasteiger partial charge in [0.1, 0.15) is 0 Å². The minimum atomic E-state index is -4.36. The topological polar surface area (TPSA) is 17.8 Å². The number of aromatic nitrogens is 2. The number of imidazole rings is 1. The van der Waals surface area contributed by atoms with Crippen LogP contribution in [0.1, 0.15) is 18.9 Å². The standard InChI is InChI=1S/C11H10BrF3N2/c1-2-3-17-6-16-9-4-7(11(13,14)15)8(12)5-10(9)17/h4-6H,2-3H2,1H3. The van der Waals surface area contributed by atoms with E-state index in [-0.39, 0.29) is 4.47 Å². The Bertz CT molecular complexity index is 545. The average Bonchev–Trinajstić information content (AvgIpc) is 2.59. The normalized spacial score (nSPS) is 12.3. The SMILES string of the molecule is CCCn1cnc2cc(C(F)(F)F)c(Br)cc21. The third kappa shape index (κ3) is 2.31. The average molecular weight is 307 g/mol. The molecule has 0 aliphatic rings. The van der Waals surface area contributed by atoms with Crippen LogP contribution in [0.15, 0.2) is 22.9 Å². The highest BCUT2D eigenvalue weighted by Crippen LogP contribution is 2.36. The van der Waals surface area contributed by atoms with Crippen LogP contribution in [0, 0.1) is 0 Å². The molecule has 2 rings (SSSR count). The third-order valence-corrected chi connectivity index (χ3v) is 3.14. The number of benzene rings is 1. The zero-order chi connectivity index (χ0) is 12.6. The Morgan fingerprint density at radius 1 is 1.35 bits per heavy atom. The molecule has 0 N–H and O–H groups in total. The van der Waals surface area contributed by atoms with E-state index < -0.39 is 11.7 Å². The molecule has 0 bridgehead atoms. The molecule has 0 aliphatic heterocycles. The first-order valence-corrected chi connectivity index (χ1v) is 5.94. The summed E-state index contributed by atoms with van der Waals surface area (Å²) >= 11 is 2.96. The van der Waals surface area contributed by atoms with E-state index in [0.29, 0.717) is 11.0 Å². The van der Waals surface area contributed by atoms with Gasteiger partial charge in [0, 0.05) is 11.0 Å². The Kier molecular flexibility index (Phi) is 3.16. The zero-order valence-corrected chi connectivity index (χ0v) is 10.6. The number of fused-ring (bicyclic) bond motifs is 1. The summed E-state index contributed by atoms with van der Waals surface area (Å²) in [7, 11) is 0.